The minimum Gasteiger partial charge on any atom is -0.350 e. The van der Waals surface area contributed by atoms with Crippen LogP contribution in [0.2, 0.25) is 5.02 Å². The van der Waals surface area contributed by atoms with Crippen LogP contribution in [-0.4, -0.2) is 29.5 Å². The molecule has 0 radical (unpaired) electrons. The minimum atomic E-state index is -0.0711. The average molecular weight is 385 g/mol. The number of nitrogens with one attached hydrogen (secondary N) is 3. The van der Waals surface area contributed by atoms with Crippen molar-refractivity contribution in [3.63, 3.8) is 0 Å². The molecule has 5 nitrogen and oxygen atoms in total. The van der Waals surface area contributed by atoms with Crippen molar-refractivity contribution in [2.24, 2.45) is 11.8 Å². The molecule has 1 aromatic carbocycles. The molecule has 0 bridgehead atoms. The van der Waals surface area contributed by atoms with E-state index in [1.165, 1.54) is 6.42 Å². The maximum absolute atomic E-state index is 12.8. The first kappa shape index (κ1) is 18.3. The van der Waals surface area contributed by atoms with Gasteiger partial charge in [0.15, 0.2) is 0 Å². The number of aromatic amines is 1. The van der Waals surface area contributed by atoms with Gasteiger partial charge in [0.2, 0.25) is 0 Å². The zero-order valence-electron chi connectivity index (χ0n) is 15.3. The lowest BCUT2D eigenvalue weighted by Crippen LogP contribution is -2.47. The molecule has 1 unspecified atom stereocenters. The summed E-state index contributed by atoms with van der Waals surface area (Å²) in [5.41, 5.74) is 1.44. The van der Waals surface area contributed by atoms with Crippen LogP contribution in [0, 0.1) is 23.2 Å². The number of hydrogen-bond donors (Lipinski definition) is 3. The molecule has 2 aliphatic carbocycles. The van der Waals surface area contributed by atoms with E-state index >= 15 is 0 Å². The zero-order valence-corrected chi connectivity index (χ0v) is 16.1. The van der Waals surface area contributed by atoms with Crippen molar-refractivity contribution in [3.05, 3.63) is 35.0 Å². The van der Waals surface area contributed by atoms with Gasteiger partial charge in [-0.2, -0.15) is 5.26 Å². The Kier molecular flexibility index (Phi) is 5.38. The van der Waals surface area contributed by atoms with E-state index < -0.39 is 0 Å². The number of nitriles is 1. The number of fused-ring (bicyclic) bond motifs is 1. The van der Waals surface area contributed by atoms with Crippen LogP contribution in [0.3, 0.4) is 0 Å². The number of amides is 1. The van der Waals surface area contributed by atoms with Gasteiger partial charge < -0.3 is 15.6 Å². The standard InChI is InChI=1S/C21H25ClN4O/c22-16-8-7-14-9-19(25-18(14)10-16)21(27)26-17-4-2-1-3-15(17)12-24-20(11-23)13-5-6-13/h7-10,13,15,17,20,24-25H,1-6,12H2,(H,26,27)/t15-,17+,20?/m1/s1. The number of hydrogen-bond acceptors (Lipinski definition) is 3. The van der Waals surface area contributed by atoms with Crippen LogP contribution in [0.4, 0.5) is 0 Å². The van der Waals surface area contributed by atoms with Crippen molar-refractivity contribution in [3.8, 4) is 6.07 Å². The number of carbonyl (C=O) groups excluding carboxylic acids is 1. The summed E-state index contributed by atoms with van der Waals surface area (Å²) in [7, 11) is 0. The van der Waals surface area contributed by atoms with E-state index in [1.54, 1.807) is 0 Å². The Morgan fingerprint density at radius 1 is 1.26 bits per heavy atom. The third-order valence-corrected chi connectivity index (χ3v) is 6.12. The molecular formula is C21H25ClN4O. The first-order valence-corrected chi connectivity index (χ1v) is 10.2. The predicted molar refractivity (Wildman–Crippen MR) is 107 cm³/mol. The van der Waals surface area contributed by atoms with Gasteiger partial charge in [-0.1, -0.05) is 30.5 Å². The Balaban J connectivity index is 1.40. The highest BCUT2D eigenvalue weighted by molar-refractivity contribution is 6.31. The fourth-order valence-corrected chi connectivity index (χ4v) is 4.31. The van der Waals surface area contributed by atoms with E-state index in [2.05, 4.69) is 21.7 Å². The van der Waals surface area contributed by atoms with Crippen molar-refractivity contribution < 1.29 is 4.79 Å². The molecule has 2 aromatic rings. The predicted octanol–water partition coefficient (Wildman–Crippen LogP) is 4.00. The second kappa shape index (κ2) is 7.92. The molecule has 1 aromatic heterocycles. The lowest BCUT2D eigenvalue weighted by molar-refractivity contribution is 0.0900. The van der Waals surface area contributed by atoms with Crippen LogP contribution in [0.5, 0.6) is 0 Å². The van der Waals surface area contributed by atoms with E-state index in [9.17, 15) is 10.1 Å². The van der Waals surface area contributed by atoms with Gasteiger partial charge in [0.1, 0.15) is 5.69 Å². The first-order valence-electron chi connectivity index (χ1n) is 9.86. The van der Waals surface area contributed by atoms with Gasteiger partial charge in [0.25, 0.3) is 5.91 Å². The minimum absolute atomic E-state index is 0.0401. The monoisotopic (exact) mass is 384 g/mol. The molecule has 3 N–H and O–H groups in total. The smallest absolute Gasteiger partial charge is 0.267 e. The second-order valence-corrected chi connectivity index (χ2v) is 8.33. The second-order valence-electron chi connectivity index (χ2n) is 7.89. The summed E-state index contributed by atoms with van der Waals surface area (Å²) in [4.78, 5) is 15.9. The summed E-state index contributed by atoms with van der Waals surface area (Å²) in [6.07, 6.45) is 6.70. The Labute approximate surface area is 164 Å². The van der Waals surface area contributed by atoms with E-state index in [0.29, 0.717) is 22.6 Å². The van der Waals surface area contributed by atoms with Crippen LogP contribution in [-0.2, 0) is 0 Å². The molecule has 4 rings (SSSR count). The maximum atomic E-state index is 12.8. The lowest BCUT2D eigenvalue weighted by atomic mass is 9.84. The number of halogens is 1. The number of rotatable bonds is 6. The van der Waals surface area contributed by atoms with E-state index in [-0.39, 0.29) is 18.0 Å². The van der Waals surface area contributed by atoms with Crippen LogP contribution >= 0.6 is 11.6 Å². The van der Waals surface area contributed by atoms with Crippen LogP contribution in [0.25, 0.3) is 10.9 Å². The van der Waals surface area contributed by atoms with E-state index in [4.69, 9.17) is 11.6 Å². The highest BCUT2D eigenvalue weighted by Gasteiger charge is 2.33. The molecular weight excluding hydrogens is 360 g/mol. The lowest BCUT2D eigenvalue weighted by Gasteiger charge is -2.33. The number of H-pyrrole nitrogens is 1. The summed E-state index contributed by atoms with van der Waals surface area (Å²) in [6, 6.07) is 9.94. The van der Waals surface area contributed by atoms with Gasteiger partial charge in [-0.3, -0.25) is 4.79 Å². The van der Waals surface area contributed by atoms with Crippen LogP contribution < -0.4 is 10.6 Å². The highest BCUT2D eigenvalue weighted by atomic mass is 35.5. The molecule has 0 aliphatic heterocycles. The van der Waals surface area contributed by atoms with E-state index in [0.717, 1.165) is 49.6 Å². The molecule has 1 amide bonds. The third-order valence-electron chi connectivity index (χ3n) is 5.89. The molecule has 2 fully saturated rings. The maximum Gasteiger partial charge on any atom is 0.267 e. The Hall–Kier alpha value is -2.03. The summed E-state index contributed by atoms with van der Waals surface area (Å²) in [6.45, 7) is 0.794. The summed E-state index contributed by atoms with van der Waals surface area (Å²) in [5, 5.41) is 17.6. The molecule has 0 spiro atoms. The van der Waals surface area contributed by atoms with Crippen molar-refractivity contribution in [2.45, 2.75) is 50.6 Å². The summed E-state index contributed by atoms with van der Waals surface area (Å²) >= 11 is 6.03. The molecule has 6 heteroatoms. The zero-order chi connectivity index (χ0) is 18.8. The third kappa shape index (κ3) is 4.28. The quantitative estimate of drug-likeness (QED) is 0.704. The average Bonchev–Trinajstić information content (AvgIpc) is 3.42. The van der Waals surface area contributed by atoms with Gasteiger partial charge in [-0.05, 0) is 55.7 Å². The van der Waals surface area contributed by atoms with Gasteiger partial charge in [-0.15, -0.1) is 0 Å². The van der Waals surface area contributed by atoms with Crippen molar-refractivity contribution in [2.75, 3.05) is 6.54 Å². The largest absolute Gasteiger partial charge is 0.350 e. The fourth-order valence-electron chi connectivity index (χ4n) is 4.14. The van der Waals surface area contributed by atoms with Gasteiger partial charge >= 0.3 is 0 Å². The van der Waals surface area contributed by atoms with E-state index in [1.807, 2.05) is 24.3 Å². The van der Waals surface area contributed by atoms with Crippen LogP contribution in [0.15, 0.2) is 24.3 Å². The SMILES string of the molecule is N#CC(NC[C@H]1CCCC[C@@H]1NC(=O)c1cc2ccc(Cl)cc2[nH]1)C1CC1. The molecule has 3 atom stereocenters. The Bertz CT molecular complexity index is 867. The molecule has 2 aliphatic rings. The number of aromatic nitrogens is 1. The normalized spacial score (nSPS) is 23.7. The first-order chi connectivity index (χ1) is 13.1. The molecule has 27 heavy (non-hydrogen) atoms. The number of benzene rings is 1. The van der Waals surface area contributed by atoms with Gasteiger partial charge in [0, 0.05) is 28.5 Å². The van der Waals surface area contributed by atoms with Gasteiger partial charge in [-0.25, -0.2) is 0 Å². The molecule has 2 saturated carbocycles. The van der Waals surface area contributed by atoms with Gasteiger partial charge in [0.05, 0.1) is 12.1 Å². The number of carbonyl (C=O) groups is 1. The van der Waals surface area contributed by atoms with Crippen molar-refractivity contribution in [1.29, 1.82) is 5.26 Å². The topological polar surface area (TPSA) is 80.7 Å². The van der Waals surface area contributed by atoms with Crippen molar-refractivity contribution >= 4 is 28.4 Å². The highest BCUT2D eigenvalue weighted by Crippen LogP contribution is 2.33. The fraction of sp³-hybridized carbons (Fsp3) is 0.524. The Morgan fingerprint density at radius 2 is 2.07 bits per heavy atom. The molecule has 1 heterocycles. The summed E-state index contributed by atoms with van der Waals surface area (Å²) in [5.74, 6) is 0.819. The van der Waals surface area contributed by atoms with Crippen molar-refractivity contribution in [1.82, 2.24) is 15.6 Å². The Morgan fingerprint density at radius 3 is 2.85 bits per heavy atom. The molecule has 142 valence electrons. The number of nitrogens with zero attached hydrogens (tertiary/aromatic N) is 1. The van der Waals surface area contributed by atoms with Crippen LogP contribution in [0.1, 0.15) is 49.0 Å². The molecule has 0 saturated heterocycles. The summed E-state index contributed by atoms with van der Waals surface area (Å²) < 4.78 is 0.